The Morgan fingerprint density at radius 3 is 2.80 bits per heavy atom. The summed E-state index contributed by atoms with van der Waals surface area (Å²) in [4.78, 5) is 24.5. The van der Waals surface area contributed by atoms with E-state index in [1.54, 1.807) is 4.90 Å². The summed E-state index contributed by atoms with van der Waals surface area (Å²) < 4.78 is 5.36. The van der Waals surface area contributed by atoms with Crippen LogP contribution in [0.15, 0.2) is 18.2 Å². The summed E-state index contributed by atoms with van der Waals surface area (Å²) in [6, 6.07) is 4.25. The Balaban J connectivity index is 2.39. The van der Waals surface area contributed by atoms with Crippen LogP contribution in [0.1, 0.15) is 24.2 Å². The zero-order valence-corrected chi connectivity index (χ0v) is 12.0. The van der Waals surface area contributed by atoms with Crippen molar-refractivity contribution in [3.05, 3.63) is 38.9 Å². The summed E-state index contributed by atoms with van der Waals surface area (Å²) >= 11 is 5.99. The van der Waals surface area contributed by atoms with E-state index in [-0.39, 0.29) is 22.2 Å². The minimum Gasteiger partial charge on any atom is -0.377 e. The first-order valence-electron chi connectivity index (χ1n) is 6.17. The van der Waals surface area contributed by atoms with E-state index in [2.05, 4.69) is 0 Å². The zero-order valence-electron chi connectivity index (χ0n) is 11.3. The van der Waals surface area contributed by atoms with Gasteiger partial charge in [-0.25, -0.2) is 0 Å². The molecular weight excluding hydrogens is 284 g/mol. The van der Waals surface area contributed by atoms with E-state index in [0.29, 0.717) is 19.8 Å². The first-order chi connectivity index (χ1) is 9.34. The van der Waals surface area contributed by atoms with Gasteiger partial charge in [0.25, 0.3) is 11.6 Å². The van der Waals surface area contributed by atoms with Crippen molar-refractivity contribution in [3.63, 3.8) is 0 Å². The number of nitro groups is 1. The predicted molar refractivity (Wildman–Crippen MR) is 74.0 cm³/mol. The minimum atomic E-state index is -0.594. The van der Waals surface area contributed by atoms with Crippen LogP contribution in [0.3, 0.4) is 0 Å². The smallest absolute Gasteiger partial charge is 0.288 e. The van der Waals surface area contributed by atoms with Crippen LogP contribution in [0.5, 0.6) is 0 Å². The van der Waals surface area contributed by atoms with Gasteiger partial charge in [-0.1, -0.05) is 17.7 Å². The van der Waals surface area contributed by atoms with Crippen LogP contribution in [0, 0.1) is 10.1 Å². The molecule has 1 amide bonds. The number of nitrogens with zero attached hydrogens (tertiary/aromatic N) is 2. The second-order valence-corrected chi connectivity index (χ2v) is 5.60. The van der Waals surface area contributed by atoms with Crippen molar-refractivity contribution in [2.75, 3.05) is 19.8 Å². The van der Waals surface area contributed by atoms with Crippen LogP contribution in [0.25, 0.3) is 0 Å². The third-order valence-corrected chi connectivity index (χ3v) is 3.69. The number of hydrogen-bond donors (Lipinski definition) is 0. The van der Waals surface area contributed by atoms with Gasteiger partial charge in [-0.15, -0.1) is 0 Å². The number of halogens is 1. The Morgan fingerprint density at radius 1 is 1.50 bits per heavy atom. The van der Waals surface area contributed by atoms with Gasteiger partial charge in [-0.2, -0.15) is 0 Å². The van der Waals surface area contributed by atoms with Crippen molar-refractivity contribution in [2.24, 2.45) is 0 Å². The number of carbonyl (C=O) groups excluding carboxylic acids is 1. The molecule has 1 heterocycles. The molecular formula is C13H15ClN2O4. The average molecular weight is 299 g/mol. The zero-order chi connectivity index (χ0) is 14.9. The Kier molecular flexibility index (Phi) is 3.96. The van der Waals surface area contributed by atoms with Crippen LogP contribution in [0.4, 0.5) is 5.69 Å². The van der Waals surface area contributed by atoms with Crippen molar-refractivity contribution in [3.8, 4) is 0 Å². The van der Waals surface area contributed by atoms with Crippen molar-refractivity contribution in [1.82, 2.24) is 4.90 Å². The van der Waals surface area contributed by atoms with Crippen molar-refractivity contribution in [2.45, 2.75) is 19.4 Å². The Bertz CT molecular complexity index is 559. The summed E-state index contributed by atoms with van der Waals surface area (Å²) in [7, 11) is 0. The van der Waals surface area contributed by atoms with Crippen molar-refractivity contribution in [1.29, 1.82) is 0 Å². The standard InChI is InChI=1S/C13H15ClN2O4/c1-13(2)8-20-7-6-15(13)12(17)9-4-3-5-10(11(9)14)16(18)19/h3-5H,6-8H2,1-2H3. The van der Waals surface area contributed by atoms with Crippen LogP contribution in [0.2, 0.25) is 5.02 Å². The van der Waals surface area contributed by atoms with Gasteiger partial charge in [0.15, 0.2) is 0 Å². The van der Waals surface area contributed by atoms with Gasteiger partial charge < -0.3 is 9.64 Å². The quantitative estimate of drug-likeness (QED) is 0.621. The Hall–Kier alpha value is -1.66. The van der Waals surface area contributed by atoms with Crippen LogP contribution in [-0.2, 0) is 4.74 Å². The number of rotatable bonds is 2. The second-order valence-electron chi connectivity index (χ2n) is 5.22. The maximum atomic E-state index is 12.6. The SMILES string of the molecule is CC1(C)COCCN1C(=O)c1cccc([N+](=O)[O-])c1Cl. The average Bonchev–Trinajstić information content (AvgIpc) is 2.37. The van der Waals surface area contributed by atoms with Gasteiger partial charge in [0.05, 0.1) is 29.2 Å². The first kappa shape index (κ1) is 14.7. The molecule has 7 heteroatoms. The van der Waals surface area contributed by atoms with Gasteiger partial charge in [0.2, 0.25) is 0 Å². The number of amides is 1. The number of benzene rings is 1. The van der Waals surface area contributed by atoms with E-state index in [9.17, 15) is 14.9 Å². The summed E-state index contributed by atoms with van der Waals surface area (Å²) in [5, 5.41) is 10.8. The molecule has 1 saturated heterocycles. The molecule has 1 fully saturated rings. The first-order valence-corrected chi connectivity index (χ1v) is 6.55. The molecule has 0 aromatic heterocycles. The van der Waals surface area contributed by atoms with Gasteiger partial charge in [0.1, 0.15) is 5.02 Å². The van der Waals surface area contributed by atoms with Gasteiger partial charge in [-0.3, -0.25) is 14.9 Å². The topological polar surface area (TPSA) is 72.7 Å². The van der Waals surface area contributed by atoms with Crippen molar-refractivity contribution >= 4 is 23.2 Å². The lowest BCUT2D eigenvalue weighted by Gasteiger charge is -2.42. The van der Waals surface area contributed by atoms with Crippen LogP contribution in [-0.4, -0.2) is 41.0 Å². The third kappa shape index (κ3) is 2.62. The molecule has 108 valence electrons. The molecule has 1 aliphatic rings. The summed E-state index contributed by atoms with van der Waals surface area (Å²) in [5.74, 6) is -0.313. The molecule has 0 radical (unpaired) electrons. The molecule has 0 aliphatic carbocycles. The molecule has 0 unspecified atom stereocenters. The molecule has 0 N–H and O–H groups in total. The highest BCUT2D eigenvalue weighted by Crippen LogP contribution is 2.30. The molecule has 0 bridgehead atoms. The molecule has 20 heavy (non-hydrogen) atoms. The van der Waals surface area contributed by atoms with Crippen LogP contribution < -0.4 is 0 Å². The largest absolute Gasteiger partial charge is 0.377 e. The number of ether oxygens (including phenoxy) is 1. The highest BCUT2D eigenvalue weighted by Gasteiger charge is 2.36. The molecule has 1 aromatic rings. The summed E-state index contributed by atoms with van der Waals surface area (Å²) in [6.45, 7) is 5.07. The fourth-order valence-corrected chi connectivity index (χ4v) is 2.48. The van der Waals surface area contributed by atoms with E-state index in [1.807, 2.05) is 13.8 Å². The molecule has 1 aliphatic heterocycles. The predicted octanol–water partition coefficient (Wildman–Crippen LogP) is 2.50. The lowest BCUT2D eigenvalue weighted by atomic mass is 10.0. The van der Waals surface area contributed by atoms with Gasteiger partial charge in [-0.05, 0) is 19.9 Å². The maximum Gasteiger partial charge on any atom is 0.288 e. The molecule has 6 nitrogen and oxygen atoms in total. The van der Waals surface area contributed by atoms with E-state index in [0.717, 1.165) is 0 Å². The Morgan fingerprint density at radius 2 is 2.20 bits per heavy atom. The van der Waals surface area contributed by atoms with Gasteiger partial charge >= 0.3 is 0 Å². The molecule has 2 rings (SSSR count). The normalized spacial score (nSPS) is 17.9. The highest BCUT2D eigenvalue weighted by molar-refractivity contribution is 6.35. The van der Waals surface area contributed by atoms with E-state index in [1.165, 1.54) is 18.2 Å². The second kappa shape index (κ2) is 5.38. The highest BCUT2D eigenvalue weighted by atomic mass is 35.5. The fraction of sp³-hybridized carbons (Fsp3) is 0.462. The fourth-order valence-electron chi connectivity index (χ4n) is 2.21. The summed E-state index contributed by atoms with van der Waals surface area (Å²) in [6.07, 6.45) is 0. The molecule has 0 spiro atoms. The number of carbonyl (C=O) groups is 1. The molecule has 1 aromatic carbocycles. The van der Waals surface area contributed by atoms with E-state index >= 15 is 0 Å². The van der Waals surface area contributed by atoms with E-state index < -0.39 is 10.5 Å². The van der Waals surface area contributed by atoms with Gasteiger partial charge in [0, 0.05) is 12.6 Å². The molecule has 0 saturated carbocycles. The number of morpholine rings is 1. The third-order valence-electron chi connectivity index (χ3n) is 3.30. The van der Waals surface area contributed by atoms with Crippen molar-refractivity contribution < 1.29 is 14.5 Å². The molecule has 0 atom stereocenters. The van der Waals surface area contributed by atoms with Crippen LogP contribution >= 0.6 is 11.6 Å². The Labute approximate surface area is 121 Å². The number of hydrogen-bond acceptors (Lipinski definition) is 4. The minimum absolute atomic E-state index is 0.121. The monoisotopic (exact) mass is 298 g/mol. The summed E-state index contributed by atoms with van der Waals surface area (Å²) in [5.41, 5.74) is -0.581. The van der Waals surface area contributed by atoms with E-state index in [4.69, 9.17) is 16.3 Å². The maximum absolute atomic E-state index is 12.6. The lowest BCUT2D eigenvalue weighted by Crippen LogP contribution is -2.55. The lowest BCUT2D eigenvalue weighted by molar-refractivity contribution is -0.384. The number of nitro benzene ring substituents is 1.